The van der Waals surface area contributed by atoms with Gasteiger partial charge in [-0.1, -0.05) is 60.7 Å². The van der Waals surface area contributed by atoms with Gasteiger partial charge in [0.1, 0.15) is 4.90 Å². The van der Waals surface area contributed by atoms with Gasteiger partial charge in [0.05, 0.1) is 0 Å². The van der Waals surface area contributed by atoms with E-state index < -0.39 is 10.0 Å². The number of nitrogens with one attached hydrogen (secondary N) is 1. The number of amides is 1. The third-order valence-electron chi connectivity index (χ3n) is 6.23. The molecule has 1 aromatic heterocycles. The zero-order valence-corrected chi connectivity index (χ0v) is 19.3. The van der Waals surface area contributed by atoms with Gasteiger partial charge in [0.25, 0.3) is 0 Å². The maximum Gasteiger partial charge on any atom is 0.244 e. The Kier molecular flexibility index (Phi) is 7.52. The summed E-state index contributed by atoms with van der Waals surface area (Å²) in [7, 11) is -3.56. The Morgan fingerprint density at radius 2 is 1.55 bits per heavy atom. The molecule has 3 aromatic rings. The average Bonchev–Trinajstić information content (AvgIpc) is 2.88. The number of hydrogen-bond donors (Lipinski definition) is 1. The Hall–Kier alpha value is -3.03. The summed E-state index contributed by atoms with van der Waals surface area (Å²) >= 11 is 0. The van der Waals surface area contributed by atoms with Crippen LogP contribution in [-0.2, 0) is 14.8 Å². The molecule has 0 bridgehead atoms. The smallest absolute Gasteiger partial charge is 0.244 e. The second-order valence-corrected chi connectivity index (χ2v) is 10.3. The van der Waals surface area contributed by atoms with Gasteiger partial charge in [-0.15, -0.1) is 0 Å². The zero-order chi connectivity index (χ0) is 23.1. The van der Waals surface area contributed by atoms with E-state index in [-0.39, 0.29) is 22.6 Å². The second kappa shape index (κ2) is 10.7. The third kappa shape index (κ3) is 5.67. The molecule has 1 N–H and O–H groups in total. The molecular weight excluding hydrogens is 434 g/mol. The normalized spacial score (nSPS) is 15.4. The number of benzene rings is 2. The van der Waals surface area contributed by atoms with Gasteiger partial charge in [-0.05, 0) is 42.5 Å². The van der Waals surface area contributed by atoms with Gasteiger partial charge in [-0.3, -0.25) is 9.78 Å². The van der Waals surface area contributed by atoms with Crippen LogP contribution in [0.4, 0.5) is 0 Å². The monoisotopic (exact) mass is 463 g/mol. The number of nitrogens with zero attached hydrogens (tertiary/aromatic N) is 2. The van der Waals surface area contributed by atoms with E-state index in [1.165, 1.54) is 21.6 Å². The zero-order valence-electron chi connectivity index (χ0n) is 18.5. The highest BCUT2D eigenvalue weighted by Gasteiger charge is 2.32. The minimum absolute atomic E-state index is 0.00768. The summed E-state index contributed by atoms with van der Waals surface area (Å²) in [5, 5.41) is 3.09. The van der Waals surface area contributed by atoms with Crippen molar-refractivity contribution in [2.75, 3.05) is 19.6 Å². The van der Waals surface area contributed by atoms with E-state index in [4.69, 9.17) is 0 Å². The molecule has 1 saturated heterocycles. The first kappa shape index (κ1) is 23.1. The molecule has 0 saturated carbocycles. The summed E-state index contributed by atoms with van der Waals surface area (Å²) in [6.45, 7) is 1.25. The van der Waals surface area contributed by atoms with E-state index in [1.54, 1.807) is 18.3 Å². The predicted octanol–water partition coefficient (Wildman–Crippen LogP) is 3.82. The molecule has 2 aromatic carbocycles. The summed E-state index contributed by atoms with van der Waals surface area (Å²) in [5.41, 5.74) is 2.46. The predicted molar refractivity (Wildman–Crippen MR) is 128 cm³/mol. The Balaban J connectivity index is 1.31. The molecule has 0 radical (unpaired) electrons. The number of piperidine rings is 1. The number of rotatable bonds is 8. The molecule has 2 heterocycles. The van der Waals surface area contributed by atoms with Gasteiger partial charge in [-0.25, -0.2) is 8.42 Å². The molecule has 33 heavy (non-hydrogen) atoms. The fourth-order valence-electron chi connectivity index (χ4n) is 4.39. The molecule has 7 heteroatoms. The van der Waals surface area contributed by atoms with Crippen LogP contribution in [0.15, 0.2) is 90.1 Å². The van der Waals surface area contributed by atoms with Gasteiger partial charge in [-0.2, -0.15) is 4.31 Å². The number of sulfonamides is 1. The Bertz CT molecular complexity index is 1090. The van der Waals surface area contributed by atoms with Crippen LogP contribution >= 0.6 is 0 Å². The Labute approximate surface area is 195 Å². The van der Waals surface area contributed by atoms with Crippen molar-refractivity contribution in [3.8, 4) is 0 Å². The van der Waals surface area contributed by atoms with Crippen molar-refractivity contribution in [2.24, 2.45) is 5.92 Å². The number of carbonyl (C=O) groups is 1. The van der Waals surface area contributed by atoms with Crippen LogP contribution in [0.5, 0.6) is 0 Å². The lowest BCUT2D eigenvalue weighted by molar-refractivity contribution is -0.126. The van der Waals surface area contributed by atoms with Crippen LogP contribution in [0.25, 0.3) is 0 Å². The van der Waals surface area contributed by atoms with Gasteiger partial charge >= 0.3 is 0 Å². The highest BCUT2D eigenvalue weighted by molar-refractivity contribution is 7.89. The maximum atomic E-state index is 12.8. The van der Waals surface area contributed by atoms with Crippen molar-refractivity contribution in [3.63, 3.8) is 0 Å². The van der Waals surface area contributed by atoms with Crippen molar-refractivity contribution >= 4 is 15.9 Å². The van der Waals surface area contributed by atoms with E-state index in [2.05, 4.69) is 34.6 Å². The van der Waals surface area contributed by atoms with Gasteiger partial charge in [0.2, 0.25) is 15.9 Å². The van der Waals surface area contributed by atoms with Crippen LogP contribution < -0.4 is 5.32 Å². The van der Waals surface area contributed by atoms with Crippen molar-refractivity contribution in [2.45, 2.75) is 30.1 Å². The van der Waals surface area contributed by atoms with Crippen molar-refractivity contribution in [1.82, 2.24) is 14.6 Å². The molecule has 172 valence electrons. The molecule has 0 aliphatic carbocycles. The largest absolute Gasteiger partial charge is 0.356 e. The van der Waals surface area contributed by atoms with Crippen LogP contribution in [0.1, 0.15) is 36.3 Å². The molecular formula is C26H29N3O3S. The third-order valence-corrected chi connectivity index (χ3v) is 8.12. The standard InChI is InChI=1S/C26H29N3O3S/c30-26(23-14-18-29(19-15-23)33(31,32)24-12-7-16-27-20-24)28-17-13-25(21-8-3-1-4-9-21)22-10-5-2-6-11-22/h1-12,16,20,23,25H,13-15,17-19H2,(H,28,30). The number of aromatic nitrogens is 1. The molecule has 4 rings (SSSR count). The molecule has 0 spiro atoms. The minimum atomic E-state index is -3.56. The molecule has 6 nitrogen and oxygen atoms in total. The van der Waals surface area contributed by atoms with Crippen LogP contribution in [0.2, 0.25) is 0 Å². The van der Waals surface area contributed by atoms with Crippen LogP contribution in [-0.4, -0.2) is 43.2 Å². The highest BCUT2D eigenvalue weighted by Crippen LogP contribution is 2.28. The van der Waals surface area contributed by atoms with Crippen LogP contribution in [0, 0.1) is 5.92 Å². The first-order valence-corrected chi connectivity index (χ1v) is 12.8. The topological polar surface area (TPSA) is 79.4 Å². The summed E-state index contributed by atoms with van der Waals surface area (Å²) in [4.78, 5) is 16.9. The number of hydrogen-bond acceptors (Lipinski definition) is 4. The molecule has 1 aliphatic rings. The molecule has 1 amide bonds. The molecule has 0 unspecified atom stereocenters. The van der Waals surface area contributed by atoms with Crippen molar-refractivity contribution in [1.29, 1.82) is 0 Å². The van der Waals surface area contributed by atoms with Gasteiger partial charge in [0, 0.05) is 43.9 Å². The second-order valence-electron chi connectivity index (χ2n) is 8.32. The van der Waals surface area contributed by atoms with E-state index in [1.807, 2.05) is 36.4 Å². The lowest BCUT2D eigenvalue weighted by Gasteiger charge is -2.30. The number of carbonyl (C=O) groups excluding carboxylic acids is 1. The van der Waals surface area contributed by atoms with E-state index in [0.29, 0.717) is 32.5 Å². The Morgan fingerprint density at radius 3 is 2.09 bits per heavy atom. The summed E-state index contributed by atoms with van der Waals surface area (Å²) in [6, 6.07) is 23.8. The molecule has 0 atom stereocenters. The van der Waals surface area contributed by atoms with Crippen molar-refractivity contribution in [3.05, 3.63) is 96.3 Å². The maximum absolute atomic E-state index is 12.8. The number of pyridine rings is 1. The van der Waals surface area contributed by atoms with E-state index >= 15 is 0 Å². The molecule has 1 aliphatic heterocycles. The van der Waals surface area contributed by atoms with Crippen LogP contribution in [0.3, 0.4) is 0 Å². The van der Waals surface area contributed by atoms with Gasteiger partial charge < -0.3 is 5.32 Å². The average molecular weight is 464 g/mol. The minimum Gasteiger partial charge on any atom is -0.356 e. The first-order valence-electron chi connectivity index (χ1n) is 11.3. The van der Waals surface area contributed by atoms with Gasteiger partial charge in [0.15, 0.2) is 0 Å². The molecule has 1 fully saturated rings. The highest BCUT2D eigenvalue weighted by atomic mass is 32.2. The fourth-order valence-corrected chi connectivity index (χ4v) is 5.82. The first-order chi connectivity index (χ1) is 16.1. The van der Waals surface area contributed by atoms with Crippen molar-refractivity contribution < 1.29 is 13.2 Å². The lowest BCUT2D eigenvalue weighted by Crippen LogP contribution is -2.43. The fraction of sp³-hybridized carbons (Fsp3) is 0.308. The SMILES string of the molecule is O=C(NCCC(c1ccccc1)c1ccccc1)C1CCN(S(=O)(=O)c2cccnc2)CC1. The summed E-state index contributed by atoms with van der Waals surface area (Å²) in [5.74, 6) is 0.0460. The van der Waals surface area contributed by atoms with E-state index in [0.717, 1.165) is 6.42 Å². The Morgan fingerprint density at radius 1 is 0.939 bits per heavy atom. The lowest BCUT2D eigenvalue weighted by atomic mass is 9.88. The summed E-state index contributed by atoms with van der Waals surface area (Å²) < 4.78 is 27.0. The summed E-state index contributed by atoms with van der Waals surface area (Å²) in [6.07, 6.45) is 4.76. The quantitative estimate of drug-likeness (QED) is 0.551. The van der Waals surface area contributed by atoms with E-state index in [9.17, 15) is 13.2 Å².